The first-order valence-corrected chi connectivity index (χ1v) is 8.44. The van der Waals surface area contributed by atoms with Gasteiger partial charge in [0.15, 0.2) is 4.90 Å². The fourth-order valence-electron chi connectivity index (χ4n) is 2.08. The Morgan fingerprint density at radius 2 is 2.10 bits per heavy atom. The Labute approximate surface area is 123 Å². The standard InChI is InChI=1S/C13H19N3O4S/c1-2-14-11-5-6-12(16(17)18)13(9-11)21(19,20)15-8-7-10-3-4-10/h5-6,9-10,14-15H,2-4,7-8H2,1H3. The summed E-state index contributed by atoms with van der Waals surface area (Å²) in [5.74, 6) is 0.593. The summed E-state index contributed by atoms with van der Waals surface area (Å²) in [6.07, 6.45) is 3.05. The molecule has 8 heteroatoms. The molecule has 0 aromatic heterocycles. The normalized spacial score (nSPS) is 14.9. The van der Waals surface area contributed by atoms with Crippen LogP contribution >= 0.6 is 0 Å². The van der Waals surface area contributed by atoms with E-state index in [1.807, 2.05) is 6.92 Å². The van der Waals surface area contributed by atoms with Crippen molar-refractivity contribution in [2.24, 2.45) is 5.92 Å². The molecule has 1 fully saturated rings. The molecule has 0 amide bonds. The molecule has 2 N–H and O–H groups in total. The van der Waals surface area contributed by atoms with Gasteiger partial charge in [-0.2, -0.15) is 0 Å². The van der Waals surface area contributed by atoms with E-state index >= 15 is 0 Å². The quantitative estimate of drug-likeness (QED) is 0.565. The predicted octanol–water partition coefficient (Wildman–Crippen LogP) is 2.10. The molecule has 0 aliphatic heterocycles. The zero-order valence-electron chi connectivity index (χ0n) is 11.8. The minimum absolute atomic E-state index is 0.290. The Morgan fingerprint density at radius 3 is 2.67 bits per heavy atom. The van der Waals surface area contributed by atoms with Crippen LogP contribution in [0.4, 0.5) is 11.4 Å². The number of nitro benzene ring substituents is 1. The van der Waals surface area contributed by atoms with Gasteiger partial charge in [-0.1, -0.05) is 12.8 Å². The van der Waals surface area contributed by atoms with Crippen molar-refractivity contribution in [2.45, 2.75) is 31.1 Å². The maximum atomic E-state index is 12.3. The minimum Gasteiger partial charge on any atom is -0.385 e. The lowest BCUT2D eigenvalue weighted by Crippen LogP contribution is -2.26. The summed E-state index contributed by atoms with van der Waals surface area (Å²) in [6, 6.07) is 4.03. The summed E-state index contributed by atoms with van der Waals surface area (Å²) in [4.78, 5) is 10.1. The molecule has 7 nitrogen and oxygen atoms in total. The molecule has 0 heterocycles. The molecule has 1 aromatic carbocycles. The van der Waals surface area contributed by atoms with Crippen LogP contribution in [0, 0.1) is 16.0 Å². The highest BCUT2D eigenvalue weighted by Crippen LogP contribution is 2.32. The minimum atomic E-state index is -3.88. The summed E-state index contributed by atoms with van der Waals surface area (Å²) >= 11 is 0. The van der Waals surface area contributed by atoms with E-state index < -0.39 is 20.6 Å². The number of rotatable bonds is 8. The highest BCUT2D eigenvalue weighted by Gasteiger charge is 2.27. The van der Waals surface area contributed by atoms with Crippen molar-refractivity contribution in [1.29, 1.82) is 0 Å². The fourth-order valence-corrected chi connectivity index (χ4v) is 3.32. The van der Waals surface area contributed by atoms with Crippen LogP contribution in [0.1, 0.15) is 26.2 Å². The second-order valence-electron chi connectivity index (χ2n) is 5.10. The zero-order valence-corrected chi connectivity index (χ0v) is 12.6. The Kier molecular flexibility index (Phi) is 4.79. The van der Waals surface area contributed by atoms with Crippen molar-refractivity contribution in [1.82, 2.24) is 4.72 Å². The van der Waals surface area contributed by atoms with Crippen molar-refractivity contribution >= 4 is 21.4 Å². The number of sulfonamides is 1. The number of hydrogen-bond acceptors (Lipinski definition) is 5. The highest BCUT2D eigenvalue weighted by atomic mass is 32.2. The Morgan fingerprint density at radius 1 is 1.38 bits per heavy atom. The van der Waals surface area contributed by atoms with Gasteiger partial charge < -0.3 is 5.32 Å². The van der Waals surface area contributed by atoms with E-state index in [0.717, 1.165) is 19.3 Å². The predicted molar refractivity (Wildman–Crippen MR) is 79.8 cm³/mol. The van der Waals surface area contributed by atoms with Gasteiger partial charge >= 0.3 is 0 Å². The second kappa shape index (κ2) is 6.40. The first-order valence-electron chi connectivity index (χ1n) is 6.96. The Hall–Kier alpha value is -1.67. The third-order valence-electron chi connectivity index (χ3n) is 3.37. The van der Waals surface area contributed by atoms with Gasteiger partial charge in [-0.25, -0.2) is 13.1 Å². The lowest BCUT2D eigenvalue weighted by atomic mass is 10.3. The molecule has 1 saturated carbocycles. The SMILES string of the molecule is CCNc1ccc([N+](=O)[O-])c(S(=O)(=O)NCCC2CC2)c1. The van der Waals surface area contributed by atoms with E-state index in [2.05, 4.69) is 10.0 Å². The first kappa shape index (κ1) is 15.7. The van der Waals surface area contributed by atoms with Gasteiger partial charge in [0.2, 0.25) is 10.0 Å². The maximum absolute atomic E-state index is 12.3. The monoisotopic (exact) mass is 313 g/mol. The van der Waals surface area contributed by atoms with Crippen molar-refractivity contribution < 1.29 is 13.3 Å². The van der Waals surface area contributed by atoms with Crippen LogP contribution in [-0.4, -0.2) is 26.4 Å². The number of hydrogen-bond donors (Lipinski definition) is 2. The highest BCUT2D eigenvalue weighted by molar-refractivity contribution is 7.89. The van der Waals surface area contributed by atoms with Crippen LogP contribution in [-0.2, 0) is 10.0 Å². The summed E-state index contributed by atoms with van der Waals surface area (Å²) < 4.78 is 27.0. The summed E-state index contributed by atoms with van der Waals surface area (Å²) in [5, 5.41) is 14.0. The molecule has 1 aromatic rings. The van der Waals surface area contributed by atoms with Crippen LogP contribution in [0.5, 0.6) is 0 Å². The lowest BCUT2D eigenvalue weighted by molar-refractivity contribution is -0.387. The summed E-state index contributed by atoms with van der Waals surface area (Å²) in [7, 11) is -3.88. The average Bonchev–Trinajstić information content (AvgIpc) is 3.23. The molecule has 116 valence electrons. The average molecular weight is 313 g/mol. The van der Waals surface area contributed by atoms with Crippen LogP contribution < -0.4 is 10.0 Å². The molecular weight excluding hydrogens is 294 g/mol. The summed E-state index contributed by atoms with van der Waals surface area (Å²) in [6.45, 7) is 2.78. The second-order valence-corrected chi connectivity index (χ2v) is 6.84. The van der Waals surface area contributed by atoms with Gasteiger partial charge in [-0.05, 0) is 31.4 Å². The molecule has 0 atom stereocenters. The molecule has 2 rings (SSSR count). The van der Waals surface area contributed by atoms with E-state index in [0.29, 0.717) is 24.7 Å². The number of nitrogens with one attached hydrogen (secondary N) is 2. The van der Waals surface area contributed by atoms with Gasteiger partial charge in [-0.15, -0.1) is 0 Å². The molecule has 0 bridgehead atoms. The van der Waals surface area contributed by atoms with E-state index in [1.54, 1.807) is 0 Å². The van der Waals surface area contributed by atoms with Crippen LogP contribution in [0.25, 0.3) is 0 Å². The Bertz CT molecular complexity index is 626. The maximum Gasteiger partial charge on any atom is 0.289 e. The van der Waals surface area contributed by atoms with Crippen molar-refractivity contribution in [3.63, 3.8) is 0 Å². The van der Waals surface area contributed by atoms with Crippen LogP contribution in [0.2, 0.25) is 0 Å². The third kappa shape index (κ3) is 4.15. The largest absolute Gasteiger partial charge is 0.385 e. The smallest absolute Gasteiger partial charge is 0.289 e. The molecule has 0 saturated heterocycles. The number of nitro groups is 1. The van der Waals surface area contributed by atoms with Gasteiger partial charge in [0.05, 0.1) is 4.92 Å². The van der Waals surface area contributed by atoms with Gasteiger partial charge in [0, 0.05) is 24.8 Å². The van der Waals surface area contributed by atoms with Crippen molar-refractivity contribution in [3.8, 4) is 0 Å². The molecule has 0 radical (unpaired) electrons. The first-order chi connectivity index (χ1) is 9.94. The van der Waals surface area contributed by atoms with Gasteiger partial charge in [0.25, 0.3) is 5.69 Å². The van der Waals surface area contributed by atoms with Gasteiger partial charge in [-0.3, -0.25) is 10.1 Å². The number of anilines is 1. The van der Waals surface area contributed by atoms with Gasteiger partial charge in [0.1, 0.15) is 0 Å². The third-order valence-corrected chi connectivity index (χ3v) is 4.86. The molecule has 1 aliphatic carbocycles. The molecular formula is C13H19N3O4S. The van der Waals surface area contributed by atoms with Crippen LogP contribution in [0.15, 0.2) is 23.1 Å². The molecule has 0 unspecified atom stereocenters. The Balaban J connectivity index is 2.24. The van der Waals surface area contributed by atoms with E-state index in [4.69, 9.17) is 0 Å². The summed E-state index contributed by atoms with van der Waals surface area (Å²) in [5.41, 5.74) is 0.140. The number of nitrogens with zero attached hydrogens (tertiary/aromatic N) is 1. The van der Waals surface area contributed by atoms with Crippen molar-refractivity contribution in [3.05, 3.63) is 28.3 Å². The van der Waals surface area contributed by atoms with E-state index in [9.17, 15) is 18.5 Å². The lowest BCUT2D eigenvalue weighted by Gasteiger charge is -2.09. The zero-order chi connectivity index (χ0) is 15.5. The molecule has 21 heavy (non-hydrogen) atoms. The van der Waals surface area contributed by atoms with Crippen LogP contribution in [0.3, 0.4) is 0 Å². The molecule has 0 spiro atoms. The number of benzene rings is 1. The van der Waals surface area contributed by atoms with Crippen molar-refractivity contribution in [2.75, 3.05) is 18.4 Å². The molecule has 1 aliphatic rings. The topological polar surface area (TPSA) is 101 Å². The van der Waals surface area contributed by atoms with E-state index in [1.165, 1.54) is 18.2 Å². The fraction of sp³-hybridized carbons (Fsp3) is 0.538. The van der Waals surface area contributed by atoms with E-state index in [-0.39, 0.29) is 4.90 Å².